The molecule has 1 heterocycles. The minimum atomic E-state index is -0.0565. The summed E-state index contributed by atoms with van der Waals surface area (Å²) in [5.74, 6) is 0.598. The van der Waals surface area contributed by atoms with E-state index in [2.05, 4.69) is 19.1 Å². The van der Waals surface area contributed by atoms with Crippen LogP contribution in [0.5, 0.6) is 5.75 Å². The molecule has 27 heavy (non-hydrogen) atoms. The van der Waals surface area contributed by atoms with Crippen molar-refractivity contribution in [1.29, 1.82) is 5.26 Å². The Balaban J connectivity index is 1.55. The maximum absolute atomic E-state index is 12.3. The highest BCUT2D eigenvalue weighted by Gasteiger charge is 2.12. The fourth-order valence-electron chi connectivity index (χ4n) is 2.61. The van der Waals surface area contributed by atoms with Crippen molar-refractivity contribution in [1.82, 2.24) is 4.90 Å². The monoisotopic (exact) mass is 376 g/mol. The van der Waals surface area contributed by atoms with Gasteiger partial charge in [-0.15, -0.1) is 11.3 Å². The fraction of sp³-hybridized carbons (Fsp3) is 0.182. The second-order valence-corrected chi connectivity index (χ2v) is 7.28. The van der Waals surface area contributed by atoms with Crippen molar-refractivity contribution in [3.05, 3.63) is 76.0 Å². The van der Waals surface area contributed by atoms with Crippen LogP contribution in [0, 0.1) is 18.3 Å². The third kappa shape index (κ3) is 4.75. The molecule has 0 unspecified atom stereocenters. The van der Waals surface area contributed by atoms with E-state index < -0.39 is 0 Å². The topological polar surface area (TPSA) is 53.3 Å². The number of rotatable bonds is 6. The molecule has 0 bridgehead atoms. The van der Waals surface area contributed by atoms with Gasteiger partial charge in [-0.05, 0) is 59.3 Å². The second kappa shape index (κ2) is 8.52. The lowest BCUT2D eigenvalue weighted by molar-refractivity contribution is -0.132. The van der Waals surface area contributed by atoms with Gasteiger partial charge in [-0.25, -0.2) is 0 Å². The van der Waals surface area contributed by atoms with Gasteiger partial charge < -0.3 is 9.64 Å². The molecule has 0 N–H and O–H groups in total. The number of carbonyl (C=O) groups excluding carboxylic acids is 1. The summed E-state index contributed by atoms with van der Waals surface area (Å²) in [5.41, 5.74) is 3.91. The van der Waals surface area contributed by atoms with Gasteiger partial charge in [0.15, 0.2) is 6.61 Å². The first kappa shape index (κ1) is 18.7. The lowest BCUT2D eigenvalue weighted by Crippen LogP contribution is -2.30. The number of hydrogen-bond donors (Lipinski definition) is 0. The van der Waals surface area contributed by atoms with Crippen molar-refractivity contribution >= 4 is 17.2 Å². The summed E-state index contributed by atoms with van der Waals surface area (Å²) in [5, 5.41) is 10.9. The molecule has 0 radical (unpaired) electrons. The van der Waals surface area contributed by atoms with Gasteiger partial charge in [-0.2, -0.15) is 5.26 Å². The first-order chi connectivity index (χ1) is 13.1. The Morgan fingerprint density at radius 2 is 1.70 bits per heavy atom. The van der Waals surface area contributed by atoms with Crippen molar-refractivity contribution in [2.24, 2.45) is 0 Å². The molecule has 1 amide bonds. The predicted molar refractivity (Wildman–Crippen MR) is 108 cm³/mol. The van der Waals surface area contributed by atoms with Gasteiger partial charge in [0.25, 0.3) is 5.91 Å². The largest absolute Gasteiger partial charge is 0.484 e. The van der Waals surface area contributed by atoms with Crippen molar-refractivity contribution in [2.45, 2.75) is 13.5 Å². The highest BCUT2D eigenvalue weighted by molar-refractivity contribution is 7.10. The SMILES string of the molecule is Cc1ccsc1CN(C)C(=O)COc1ccc(-c2ccc(C#N)cc2)cc1. The summed E-state index contributed by atoms with van der Waals surface area (Å²) in [6.45, 7) is 2.66. The highest BCUT2D eigenvalue weighted by Crippen LogP contribution is 2.23. The molecule has 0 aliphatic carbocycles. The molecule has 0 saturated heterocycles. The molecule has 2 aromatic carbocycles. The molecule has 5 heteroatoms. The van der Waals surface area contributed by atoms with Crippen LogP contribution >= 0.6 is 11.3 Å². The van der Waals surface area contributed by atoms with Crippen molar-refractivity contribution in [2.75, 3.05) is 13.7 Å². The Morgan fingerprint density at radius 3 is 2.26 bits per heavy atom. The first-order valence-corrected chi connectivity index (χ1v) is 9.45. The number of amides is 1. The Bertz CT molecular complexity index is 953. The second-order valence-electron chi connectivity index (χ2n) is 6.28. The van der Waals surface area contributed by atoms with E-state index in [1.807, 2.05) is 41.8 Å². The summed E-state index contributed by atoms with van der Waals surface area (Å²) in [6, 6.07) is 19.2. The maximum Gasteiger partial charge on any atom is 0.260 e. The zero-order valence-electron chi connectivity index (χ0n) is 15.3. The Kier molecular flexibility index (Phi) is 5.90. The van der Waals surface area contributed by atoms with E-state index in [9.17, 15) is 4.79 Å². The Morgan fingerprint density at radius 1 is 1.07 bits per heavy atom. The van der Waals surface area contributed by atoms with Crippen LogP contribution in [0.4, 0.5) is 0 Å². The van der Waals surface area contributed by atoms with Crippen molar-refractivity contribution < 1.29 is 9.53 Å². The van der Waals surface area contributed by atoms with E-state index >= 15 is 0 Å². The van der Waals surface area contributed by atoms with Crippen LogP contribution in [0.25, 0.3) is 11.1 Å². The van der Waals surface area contributed by atoms with Gasteiger partial charge in [-0.3, -0.25) is 4.79 Å². The van der Waals surface area contributed by atoms with E-state index in [0.29, 0.717) is 17.9 Å². The predicted octanol–water partition coefficient (Wildman–Crippen LogP) is 4.63. The zero-order chi connectivity index (χ0) is 19.2. The summed E-state index contributed by atoms with van der Waals surface area (Å²) in [6.07, 6.45) is 0. The molecule has 0 atom stereocenters. The number of nitriles is 1. The summed E-state index contributed by atoms with van der Waals surface area (Å²) in [7, 11) is 1.79. The third-order valence-electron chi connectivity index (χ3n) is 4.34. The number of likely N-dealkylation sites (N-methyl/N-ethyl adjacent to an activating group) is 1. The van der Waals surface area contributed by atoms with E-state index in [4.69, 9.17) is 10.00 Å². The third-order valence-corrected chi connectivity index (χ3v) is 5.35. The Hall–Kier alpha value is -3.10. The molecular weight excluding hydrogens is 356 g/mol. The van der Waals surface area contributed by atoms with Gasteiger partial charge >= 0.3 is 0 Å². The van der Waals surface area contributed by atoms with Crippen LogP contribution in [-0.2, 0) is 11.3 Å². The smallest absolute Gasteiger partial charge is 0.260 e. The molecule has 0 aliphatic heterocycles. The van der Waals surface area contributed by atoms with Crippen molar-refractivity contribution in [3.8, 4) is 22.9 Å². The number of nitrogens with zero attached hydrogens (tertiary/aromatic N) is 2. The van der Waals surface area contributed by atoms with Crippen LogP contribution in [0.15, 0.2) is 60.0 Å². The van der Waals surface area contributed by atoms with E-state index in [1.165, 1.54) is 10.4 Å². The lowest BCUT2D eigenvalue weighted by Gasteiger charge is -2.17. The minimum Gasteiger partial charge on any atom is -0.484 e. The highest BCUT2D eigenvalue weighted by atomic mass is 32.1. The van der Waals surface area contributed by atoms with E-state index in [-0.39, 0.29) is 12.5 Å². The number of ether oxygens (including phenoxy) is 1. The molecule has 0 spiro atoms. The van der Waals surface area contributed by atoms with Crippen molar-refractivity contribution in [3.63, 3.8) is 0 Å². The molecular formula is C22H20N2O2S. The van der Waals surface area contributed by atoms with Gasteiger partial charge in [-0.1, -0.05) is 24.3 Å². The molecule has 1 aromatic heterocycles. The standard InChI is InChI=1S/C22H20N2O2S/c1-16-11-12-27-21(16)14-24(2)22(25)15-26-20-9-7-19(8-10-20)18-5-3-17(13-23)4-6-18/h3-12H,14-15H2,1-2H3. The molecule has 136 valence electrons. The van der Waals surface area contributed by atoms with Crippen LogP contribution in [-0.4, -0.2) is 24.5 Å². The van der Waals surface area contributed by atoms with Crippen LogP contribution < -0.4 is 4.74 Å². The first-order valence-electron chi connectivity index (χ1n) is 8.57. The molecule has 0 fully saturated rings. The van der Waals surface area contributed by atoms with E-state index in [0.717, 1.165) is 11.1 Å². The van der Waals surface area contributed by atoms with Crippen LogP contribution in [0.3, 0.4) is 0 Å². The number of hydrogen-bond acceptors (Lipinski definition) is 4. The van der Waals surface area contributed by atoms with E-state index in [1.54, 1.807) is 35.4 Å². The summed E-state index contributed by atoms with van der Waals surface area (Å²) < 4.78 is 5.63. The Labute approximate surface area is 163 Å². The molecule has 3 rings (SSSR count). The van der Waals surface area contributed by atoms with Gasteiger partial charge in [0, 0.05) is 11.9 Å². The molecule has 4 nitrogen and oxygen atoms in total. The minimum absolute atomic E-state index is 0.0110. The zero-order valence-corrected chi connectivity index (χ0v) is 16.1. The number of benzene rings is 2. The molecule has 0 saturated carbocycles. The summed E-state index contributed by atoms with van der Waals surface area (Å²) >= 11 is 1.66. The van der Waals surface area contributed by atoms with Gasteiger partial charge in [0.2, 0.25) is 0 Å². The summed E-state index contributed by atoms with van der Waals surface area (Å²) in [4.78, 5) is 15.2. The lowest BCUT2D eigenvalue weighted by atomic mass is 10.0. The van der Waals surface area contributed by atoms with Crippen LogP contribution in [0.1, 0.15) is 16.0 Å². The quantitative estimate of drug-likeness (QED) is 0.630. The average molecular weight is 376 g/mol. The molecule has 0 aliphatic rings. The number of carbonyl (C=O) groups is 1. The van der Waals surface area contributed by atoms with Gasteiger partial charge in [0.05, 0.1) is 18.2 Å². The maximum atomic E-state index is 12.3. The fourth-order valence-corrected chi connectivity index (χ4v) is 3.56. The average Bonchev–Trinajstić information content (AvgIpc) is 3.11. The van der Waals surface area contributed by atoms with Crippen LogP contribution in [0.2, 0.25) is 0 Å². The van der Waals surface area contributed by atoms with Gasteiger partial charge in [0.1, 0.15) is 5.75 Å². The number of thiophene rings is 1. The molecule has 3 aromatic rings. The normalized spacial score (nSPS) is 10.3. The number of aryl methyl sites for hydroxylation is 1.